The number of hydrogen-bond acceptors (Lipinski definition) is 10. The fourth-order valence-electron chi connectivity index (χ4n) is 9.52. The first kappa shape index (κ1) is 53.9. The zero-order chi connectivity index (χ0) is 52.6. The Kier molecular flexibility index (Phi) is 15.6. The molecule has 3 aliphatic heterocycles. The van der Waals surface area contributed by atoms with Crippen molar-refractivity contribution in [3.05, 3.63) is 188 Å². The summed E-state index contributed by atoms with van der Waals surface area (Å²) >= 11 is 12.2. The smallest absolute Gasteiger partial charge is 0.573 e. The molecular weight excluding hydrogens is 1080 g/mol. The molecule has 2 fully saturated rings. The Morgan fingerprint density at radius 1 is 0.575 bits per heavy atom. The fraction of sp³-hybridized carbons (Fsp3) is 0.306. The SMILES string of the molecule is O=S(=O)(Cl)c1ccc(OC(F)(F)F)cc1.O=S(=O)(c1ccc(OC(F)(F)F)cc1)N1CCC2(CC1)OC(c1cc(Cl)cc[n+]1[O-])c1ccccc12.[O-][n+]1ccc(Cl)cc1C1OC2(CCCCC2)c2ccccc21. The van der Waals surface area contributed by atoms with Crippen LogP contribution in [0.25, 0.3) is 0 Å². The maximum atomic E-state index is 13.2. The molecule has 2 atom stereocenters. The first-order valence-electron chi connectivity index (χ1n) is 22.3. The van der Waals surface area contributed by atoms with E-state index in [2.05, 4.69) is 27.7 Å². The van der Waals surface area contributed by atoms with E-state index in [1.165, 1.54) is 47.6 Å². The highest BCUT2D eigenvalue weighted by Crippen LogP contribution is 2.53. The lowest BCUT2D eigenvalue weighted by Crippen LogP contribution is -2.45. The number of piperidine rings is 1. The van der Waals surface area contributed by atoms with Crippen LogP contribution in [0.2, 0.25) is 10.0 Å². The van der Waals surface area contributed by atoms with Crippen molar-refractivity contribution in [2.75, 3.05) is 13.1 Å². The molecule has 0 radical (unpaired) electrons. The maximum Gasteiger partial charge on any atom is 0.573 e. The molecule has 388 valence electrons. The minimum atomic E-state index is -4.87. The molecule has 0 N–H and O–H groups in total. The third kappa shape index (κ3) is 12.3. The van der Waals surface area contributed by atoms with E-state index in [0.717, 1.165) is 82.8 Å². The van der Waals surface area contributed by atoms with Gasteiger partial charge in [-0.2, -0.15) is 13.8 Å². The molecule has 24 heteroatoms. The average molecular weight is 1120 g/mol. The van der Waals surface area contributed by atoms with Crippen molar-refractivity contribution >= 4 is 53.0 Å². The van der Waals surface area contributed by atoms with Gasteiger partial charge >= 0.3 is 12.7 Å². The Morgan fingerprint density at radius 3 is 1.38 bits per heavy atom. The predicted octanol–water partition coefficient (Wildman–Crippen LogP) is 11.4. The molecule has 0 bridgehead atoms. The van der Waals surface area contributed by atoms with Gasteiger partial charge in [-0.05, 0) is 96.5 Å². The Bertz CT molecular complexity index is 3180. The molecule has 4 aliphatic rings. The van der Waals surface area contributed by atoms with Gasteiger partial charge in [0, 0.05) is 48.0 Å². The molecule has 2 unspecified atom stereocenters. The predicted molar refractivity (Wildman–Crippen MR) is 253 cm³/mol. The molecule has 13 nitrogen and oxygen atoms in total. The van der Waals surface area contributed by atoms with Crippen LogP contribution in [-0.4, -0.2) is 47.0 Å². The molecule has 10 rings (SSSR count). The summed E-state index contributed by atoms with van der Waals surface area (Å²) in [4.78, 5) is -0.427. The molecule has 4 aromatic carbocycles. The van der Waals surface area contributed by atoms with E-state index in [1.54, 1.807) is 18.2 Å². The van der Waals surface area contributed by atoms with Gasteiger partial charge in [-0.15, -0.1) is 26.3 Å². The molecule has 6 aromatic rings. The summed E-state index contributed by atoms with van der Waals surface area (Å²) in [5.74, 6) is -1.01. The Morgan fingerprint density at radius 2 is 0.973 bits per heavy atom. The summed E-state index contributed by atoms with van der Waals surface area (Å²) in [7, 11) is -2.93. The van der Waals surface area contributed by atoms with Gasteiger partial charge in [-0.25, -0.2) is 16.8 Å². The van der Waals surface area contributed by atoms with E-state index in [4.69, 9.17) is 43.4 Å². The van der Waals surface area contributed by atoms with Crippen LogP contribution in [-0.2, 0) is 39.7 Å². The number of sulfonamides is 1. The van der Waals surface area contributed by atoms with E-state index < -0.39 is 55.0 Å². The second-order valence-electron chi connectivity index (χ2n) is 17.3. The van der Waals surface area contributed by atoms with Crippen LogP contribution in [0, 0.1) is 10.4 Å². The molecule has 0 amide bonds. The van der Waals surface area contributed by atoms with Gasteiger partial charge < -0.3 is 29.4 Å². The number of aromatic nitrogens is 2. The molecule has 1 saturated carbocycles. The number of pyridine rings is 2. The highest BCUT2D eigenvalue weighted by atomic mass is 35.7. The lowest BCUT2D eigenvalue weighted by Gasteiger charge is -2.39. The summed E-state index contributed by atoms with van der Waals surface area (Å²) in [6.45, 7) is 0.244. The standard InChI is InChI=1S/C24H20ClF3N2O5S.C18H18ClNO2.C7H4ClF3O3S/c25-16-9-12-30(31)21(15-16)22-19-3-1-2-4-20(19)23(35-22)10-13-29(14-11-23)36(32,33)18-7-5-17(6-8-18)34-24(26,27)28;19-13-8-11-20(21)16(12-13)17-14-6-2-3-7-15(14)18(22-17)9-4-1-5-10-18;8-15(12,13)6-3-1-5(2-4-6)14-7(9,10)11/h1-9,12,15,22H,10-11,13-14H2;2-3,6-8,11-12,17H,1,4-5,9-10H2;1-4H. The highest BCUT2D eigenvalue weighted by Gasteiger charge is 2.51. The summed E-state index contributed by atoms with van der Waals surface area (Å²) in [5, 5.41) is 25.7. The zero-order valence-electron chi connectivity index (χ0n) is 37.9. The Labute approximate surface area is 430 Å². The molecule has 73 heavy (non-hydrogen) atoms. The minimum absolute atomic E-state index is 0.122. The van der Waals surface area contributed by atoms with Crippen LogP contribution in [0.1, 0.15) is 90.8 Å². The van der Waals surface area contributed by atoms with Gasteiger partial charge in [-0.3, -0.25) is 0 Å². The van der Waals surface area contributed by atoms with Crippen molar-refractivity contribution in [3.8, 4) is 11.5 Å². The van der Waals surface area contributed by atoms with Crippen molar-refractivity contribution in [1.29, 1.82) is 0 Å². The molecule has 2 aromatic heterocycles. The zero-order valence-corrected chi connectivity index (χ0v) is 41.8. The summed E-state index contributed by atoms with van der Waals surface area (Å²) in [5.41, 5.74) is 3.95. The van der Waals surface area contributed by atoms with E-state index >= 15 is 0 Å². The topological polar surface area (TPSA) is 162 Å². The lowest BCUT2D eigenvalue weighted by atomic mass is 9.79. The average Bonchev–Trinajstić information content (AvgIpc) is 3.82. The van der Waals surface area contributed by atoms with Crippen LogP contribution in [0.3, 0.4) is 0 Å². The van der Waals surface area contributed by atoms with Gasteiger partial charge in [0.2, 0.25) is 21.4 Å². The summed E-state index contributed by atoms with van der Waals surface area (Å²) < 4.78 is 143. The largest absolute Gasteiger partial charge is 0.618 e. The lowest BCUT2D eigenvalue weighted by molar-refractivity contribution is -0.618. The first-order valence-corrected chi connectivity index (χ1v) is 26.9. The van der Waals surface area contributed by atoms with Crippen LogP contribution in [0.5, 0.6) is 11.5 Å². The third-order valence-electron chi connectivity index (χ3n) is 12.7. The number of halogens is 9. The molecule has 1 aliphatic carbocycles. The van der Waals surface area contributed by atoms with Gasteiger partial charge in [0.05, 0.1) is 31.0 Å². The number of ether oxygens (including phenoxy) is 4. The molecule has 2 spiro atoms. The normalized spacial score (nSPS) is 19.2. The number of benzene rings is 4. The number of alkyl halides is 6. The van der Waals surface area contributed by atoms with Crippen molar-refractivity contribution in [2.45, 2.75) is 90.9 Å². The van der Waals surface area contributed by atoms with Crippen LogP contribution in [0.4, 0.5) is 26.3 Å². The van der Waals surface area contributed by atoms with Crippen molar-refractivity contribution in [2.24, 2.45) is 0 Å². The quantitative estimate of drug-likeness (QED) is 0.0651. The summed E-state index contributed by atoms with van der Waals surface area (Å²) in [6, 6.07) is 29.8. The van der Waals surface area contributed by atoms with Gasteiger partial charge in [0.15, 0.2) is 24.6 Å². The number of hydrogen-bond donors (Lipinski definition) is 0. The fourth-order valence-corrected chi connectivity index (χ4v) is 12.1. The van der Waals surface area contributed by atoms with Gasteiger partial charge in [-0.1, -0.05) is 91.0 Å². The molecule has 1 saturated heterocycles. The monoisotopic (exact) mass is 1120 g/mol. The van der Waals surface area contributed by atoms with Crippen molar-refractivity contribution in [3.63, 3.8) is 0 Å². The van der Waals surface area contributed by atoms with Crippen LogP contribution in [0.15, 0.2) is 144 Å². The van der Waals surface area contributed by atoms with Crippen LogP contribution >= 0.6 is 33.9 Å². The molecular formula is C49H42Cl3F6N3O10S2. The van der Waals surface area contributed by atoms with Crippen molar-refractivity contribution < 1.29 is 71.6 Å². The number of rotatable bonds is 7. The van der Waals surface area contributed by atoms with Crippen LogP contribution < -0.4 is 18.9 Å². The minimum Gasteiger partial charge on any atom is -0.618 e. The third-order valence-corrected chi connectivity index (χ3v) is 16.5. The molecule has 5 heterocycles. The maximum absolute atomic E-state index is 13.2. The Balaban J connectivity index is 0.000000163. The Hall–Kier alpha value is -5.39. The van der Waals surface area contributed by atoms with Crippen molar-refractivity contribution in [1.82, 2.24) is 4.31 Å². The highest BCUT2D eigenvalue weighted by molar-refractivity contribution is 8.13. The van der Waals surface area contributed by atoms with Gasteiger partial charge in [0.25, 0.3) is 9.05 Å². The van der Waals surface area contributed by atoms with E-state index in [-0.39, 0.29) is 34.6 Å². The van der Waals surface area contributed by atoms with E-state index in [1.807, 2.05) is 30.3 Å². The second-order valence-corrected chi connectivity index (χ2v) is 22.7. The second kappa shape index (κ2) is 21.1. The number of nitrogens with zero attached hydrogens (tertiary/aromatic N) is 3. The number of fused-ring (bicyclic) bond motifs is 4. The summed E-state index contributed by atoms with van der Waals surface area (Å²) in [6.07, 6.45) is -1.58. The van der Waals surface area contributed by atoms with E-state index in [9.17, 15) is 53.6 Å². The van der Waals surface area contributed by atoms with Gasteiger partial charge in [0.1, 0.15) is 11.5 Å². The van der Waals surface area contributed by atoms with E-state index in [0.29, 0.717) is 39.0 Å². The first-order chi connectivity index (χ1) is 34.4.